The van der Waals surface area contributed by atoms with Crippen LogP contribution in [0.2, 0.25) is 0 Å². The van der Waals surface area contributed by atoms with E-state index in [4.69, 9.17) is 22.7 Å². The van der Waals surface area contributed by atoms with E-state index in [9.17, 15) is 0 Å². The van der Waals surface area contributed by atoms with E-state index >= 15 is 0 Å². The van der Waals surface area contributed by atoms with Crippen LogP contribution in [0.5, 0.6) is 11.6 Å². The van der Waals surface area contributed by atoms with Crippen molar-refractivity contribution in [3.63, 3.8) is 0 Å². The Kier molecular flexibility index (Phi) is 3.53. The molecule has 2 rings (SSSR count). The number of aromatic nitrogens is 2. The molecule has 1 aromatic heterocycles. The summed E-state index contributed by atoms with van der Waals surface area (Å²) in [5.41, 5.74) is 8.43. The van der Waals surface area contributed by atoms with Gasteiger partial charge in [0.05, 0.1) is 11.8 Å². The Morgan fingerprint density at radius 3 is 2.50 bits per heavy atom. The smallest absolute Gasteiger partial charge is 0.249 e. The van der Waals surface area contributed by atoms with E-state index in [0.717, 1.165) is 11.1 Å². The predicted molar refractivity (Wildman–Crippen MR) is 73.9 cm³/mol. The largest absolute Gasteiger partial charge is 0.437 e. The van der Waals surface area contributed by atoms with Crippen molar-refractivity contribution in [3.8, 4) is 11.6 Å². The van der Waals surface area contributed by atoms with Crippen LogP contribution < -0.4 is 10.5 Å². The number of rotatable bonds is 3. The fraction of sp³-hybridized carbons (Fsp3) is 0.154. The first-order valence-electron chi connectivity index (χ1n) is 5.44. The van der Waals surface area contributed by atoms with E-state index in [2.05, 4.69) is 16.3 Å². The second-order valence-electron chi connectivity index (χ2n) is 4.04. The lowest BCUT2D eigenvalue weighted by atomic mass is 10.1. The molecule has 0 aliphatic carbocycles. The van der Waals surface area contributed by atoms with Crippen molar-refractivity contribution in [2.75, 3.05) is 0 Å². The van der Waals surface area contributed by atoms with Gasteiger partial charge in [0.25, 0.3) is 0 Å². The molecule has 0 atom stereocenters. The fourth-order valence-electron chi connectivity index (χ4n) is 1.69. The molecule has 4 nitrogen and oxygen atoms in total. The number of aryl methyl sites for hydroxylation is 2. The molecule has 0 aliphatic heterocycles. The molecular weight excluding hydrogens is 246 g/mol. The first-order valence-corrected chi connectivity index (χ1v) is 5.85. The number of ether oxygens (including phenoxy) is 1. The van der Waals surface area contributed by atoms with Crippen LogP contribution in [0, 0.1) is 13.8 Å². The summed E-state index contributed by atoms with van der Waals surface area (Å²) in [5, 5.41) is 7.69. The Hall–Kier alpha value is -2.01. The van der Waals surface area contributed by atoms with Crippen molar-refractivity contribution in [2.24, 2.45) is 5.73 Å². The maximum Gasteiger partial charge on any atom is 0.249 e. The molecule has 0 unspecified atom stereocenters. The van der Waals surface area contributed by atoms with Crippen molar-refractivity contribution < 1.29 is 4.74 Å². The van der Waals surface area contributed by atoms with Gasteiger partial charge in [-0.1, -0.05) is 18.3 Å². The Bertz CT molecular complexity index is 578. The lowest BCUT2D eigenvalue weighted by Gasteiger charge is -2.09. The normalized spacial score (nSPS) is 10.1. The summed E-state index contributed by atoms with van der Waals surface area (Å²) >= 11 is 4.95. The molecule has 0 saturated carbocycles. The van der Waals surface area contributed by atoms with Crippen LogP contribution in [-0.2, 0) is 0 Å². The summed E-state index contributed by atoms with van der Waals surface area (Å²) in [4.78, 5) is 0.240. The van der Waals surface area contributed by atoms with Gasteiger partial charge in [-0.2, -0.15) is 5.10 Å². The average Bonchev–Trinajstić information content (AvgIpc) is 2.27. The highest BCUT2D eigenvalue weighted by Crippen LogP contribution is 2.24. The molecule has 1 heterocycles. The van der Waals surface area contributed by atoms with Gasteiger partial charge >= 0.3 is 0 Å². The van der Waals surface area contributed by atoms with Crippen LogP contribution in [0.3, 0.4) is 0 Å². The fourth-order valence-corrected chi connectivity index (χ4v) is 1.84. The van der Waals surface area contributed by atoms with E-state index in [0.29, 0.717) is 17.2 Å². The molecule has 0 fully saturated rings. The molecule has 1 aromatic carbocycles. The van der Waals surface area contributed by atoms with Crippen LogP contribution >= 0.6 is 12.2 Å². The number of nitrogens with two attached hydrogens (primary N) is 1. The monoisotopic (exact) mass is 259 g/mol. The quantitative estimate of drug-likeness (QED) is 0.858. The van der Waals surface area contributed by atoms with Crippen molar-refractivity contribution in [1.82, 2.24) is 10.2 Å². The summed E-state index contributed by atoms with van der Waals surface area (Å²) in [6.45, 7) is 4.01. The molecule has 0 aliphatic rings. The van der Waals surface area contributed by atoms with Crippen LogP contribution in [0.15, 0.2) is 30.5 Å². The zero-order valence-corrected chi connectivity index (χ0v) is 11.0. The highest BCUT2D eigenvalue weighted by molar-refractivity contribution is 7.80. The summed E-state index contributed by atoms with van der Waals surface area (Å²) in [6, 6.07) is 7.60. The Balaban J connectivity index is 2.37. The first kappa shape index (κ1) is 12.4. The highest BCUT2D eigenvalue weighted by Gasteiger charge is 2.09. The van der Waals surface area contributed by atoms with Crippen LogP contribution in [0.25, 0.3) is 0 Å². The minimum atomic E-state index is 0.240. The van der Waals surface area contributed by atoms with Crippen molar-refractivity contribution in [3.05, 3.63) is 47.2 Å². The van der Waals surface area contributed by atoms with Gasteiger partial charge in [-0.3, -0.25) is 0 Å². The lowest BCUT2D eigenvalue weighted by molar-refractivity contribution is 0.453. The first-order chi connectivity index (χ1) is 8.56. The van der Waals surface area contributed by atoms with Crippen molar-refractivity contribution in [1.29, 1.82) is 0 Å². The molecule has 0 spiro atoms. The van der Waals surface area contributed by atoms with Gasteiger partial charge in [0.2, 0.25) is 5.88 Å². The number of thiocarbonyl (C=S) groups is 1. The van der Waals surface area contributed by atoms with Gasteiger partial charge in [0.1, 0.15) is 10.7 Å². The Labute approximate surface area is 111 Å². The lowest BCUT2D eigenvalue weighted by Crippen LogP contribution is -2.12. The number of nitrogens with zero attached hydrogens (tertiary/aromatic N) is 2. The topological polar surface area (TPSA) is 61.0 Å². The standard InChI is InChI=1S/C13H13N3OS/c1-8-5-9(2)7-10(6-8)17-13-11(12(14)18)3-4-15-16-13/h3-7H,1-2H3,(H2,14,18). The van der Waals surface area contributed by atoms with Gasteiger partial charge in [-0.05, 0) is 43.2 Å². The minimum absolute atomic E-state index is 0.240. The van der Waals surface area contributed by atoms with Gasteiger partial charge < -0.3 is 10.5 Å². The molecule has 5 heteroatoms. The SMILES string of the molecule is Cc1cc(C)cc(Oc2nnccc2C(N)=S)c1. The number of benzene rings is 1. The van der Waals surface area contributed by atoms with Crippen LogP contribution in [-0.4, -0.2) is 15.2 Å². The van der Waals surface area contributed by atoms with Crippen LogP contribution in [0.4, 0.5) is 0 Å². The van der Waals surface area contributed by atoms with E-state index in [1.54, 1.807) is 6.07 Å². The van der Waals surface area contributed by atoms with E-state index in [1.165, 1.54) is 6.20 Å². The molecule has 18 heavy (non-hydrogen) atoms. The summed E-state index contributed by atoms with van der Waals surface area (Å²) in [7, 11) is 0. The molecule has 0 bridgehead atoms. The minimum Gasteiger partial charge on any atom is -0.437 e. The maximum absolute atomic E-state index is 5.69. The molecule has 2 N–H and O–H groups in total. The summed E-state index contributed by atoms with van der Waals surface area (Å²) < 4.78 is 5.69. The van der Waals surface area contributed by atoms with Crippen molar-refractivity contribution >= 4 is 17.2 Å². The predicted octanol–water partition coefficient (Wildman–Crippen LogP) is 2.52. The zero-order valence-electron chi connectivity index (χ0n) is 10.2. The third kappa shape index (κ3) is 2.81. The van der Waals surface area contributed by atoms with E-state index in [1.807, 2.05) is 26.0 Å². The van der Waals surface area contributed by atoms with Gasteiger partial charge in [-0.25, -0.2) is 0 Å². The second-order valence-corrected chi connectivity index (χ2v) is 4.48. The summed E-state index contributed by atoms with van der Waals surface area (Å²) in [6.07, 6.45) is 1.53. The average molecular weight is 259 g/mol. The summed E-state index contributed by atoms with van der Waals surface area (Å²) in [5.74, 6) is 1.03. The van der Waals surface area contributed by atoms with Crippen molar-refractivity contribution in [2.45, 2.75) is 13.8 Å². The molecule has 0 amide bonds. The highest BCUT2D eigenvalue weighted by atomic mass is 32.1. The van der Waals surface area contributed by atoms with Gasteiger partial charge in [-0.15, -0.1) is 5.10 Å². The third-order valence-corrected chi connectivity index (χ3v) is 2.58. The maximum atomic E-state index is 5.69. The Morgan fingerprint density at radius 2 is 1.89 bits per heavy atom. The van der Waals surface area contributed by atoms with Gasteiger partial charge in [0.15, 0.2) is 0 Å². The number of hydrogen-bond acceptors (Lipinski definition) is 4. The third-order valence-electron chi connectivity index (χ3n) is 2.36. The van der Waals surface area contributed by atoms with E-state index < -0.39 is 0 Å². The Morgan fingerprint density at radius 1 is 1.22 bits per heavy atom. The number of hydrogen-bond donors (Lipinski definition) is 1. The molecule has 92 valence electrons. The molecular formula is C13H13N3OS. The second kappa shape index (κ2) is 5.10. The zero-order chi connectivity index (χ0) is 13.1. The molecule has 2 aromatic rings. The molecule has 0 saturated heterocycles. The van der Waals surface area contributed by atoms with Gasteiger partial charge in [0, 0.05) is 0 Å². The molecule has 0 radical (unpaired) electrons. The van der Waals surface area contributed by atoms with Crippen LogP contribution in [0.1, 0.15) is 16.7 Å². The van der Waals surface area contributed by atoms with E-state index in [-0.39, 0.29) is 4.99 Å².